The molecule has 1 aromatic heterocycles. The molecular weight excluding hydrogens is 236 g/mol. The second kappa shape index (κ2) is 4.50. The molecule has 0 fully saturated rings. The number of aryl methyl sites for hydroxylation is 1. The molecule has 1 aromatic carbocycles. The lowest BCUT2D eigenvalue weighted by molar-refractivity contribution is -0.146. The minimum absolute atomic E-state index is 0.176. The average molecular weight is 248 g/mol. The van der Waals surface area contributed by atoms with Crippen LogP contribution in [-0.4, -0.2) is 25.7 Å². The molecule has 1 atom stereocenters. The lowest BCUT2D eigenvalue weighted by Crippen LogP contribution is -2.20. The van der Waals surface area contributed by atoms with Crippen LogP contribution in [0, 0.1) is 6.92 Å². The maximum Gasteiger partial charge on any atom is 0.337 e. The highest BCUT2D eigenvalue weighted by Gasteiger charge is 2.21. The molecule has 2 aromatic rings. The number of carbonyl (C=O) groups is 1. The molecule has 6 nitrogen and oxygen atoms in total. The number of rotatable bonds is 3. The van der Waals surface area contributed by atoms with Gasteiger partial charge >= 0.3 is 11.7 Å². The Kier molecular flexibility index (Phi) is 3.03. The molecule has 3 N–H and O–H groups in total. The number of imidazole rings is 1. The predicted molar refractivity (Wildman–Crippen MR) is 63.7 cm³/mol. The third-order valence-electron chi connectivity index (χ3n) is 2.67. The predicted octanol–water partition coefficient (Wildman–Crippen LogP) is 0.592. The molecule has 18 heavy (non-hydrogen) atoms. The highest BCUT2D eigenvalue weighted by molar-refractivity contribution is 5.75. The van der Waals surface area contributed by atoms with Gasteiger partial charge in [-0.25, -0.2) is 9.59 Å². The Balaban J connectivity index is 2.66. The van der Waals surface area contributed by atoms with Gasteiger partial charge in [-0.2, -0.15) is 0 Å². The number of para-hydroxylation sites is 1. The summed E-state index contributed by atoms with van der Waals surface area (Å²) in [6.45, 7) is 1.71. The van der Waals surface area contributed by atoms with Crippen LogP contribution in [0.1, 0.15) is 17.4 Å². The summed E-state index contributed by atoms with van der Waals surface area (Å²) in [5, 5.41) is 18.5. The summed E-state index contributed by atoms with van der Waals surface area (Å²) in [6, 6.07) is 6.35. The topological polar surface area (TPSA) is 95.3 Å². The van der Waals surface area contributed by atoms with Gasteiger partial charge in [-0.1, -0.05) is 18.2 Å². The fourth-order valence-corrected chi connectivity index (χ4v) is 1.81. The number of aromatic nitrogens is 2. The van der Waals surface area contributed by atoms with Crippen LogP contribution in [0.5, 0.6) is 0 Å². The quantitative estimate of drug-likeness (QED) is 0.740. The summed E-state index contributed by atoms with van der Waals surface area (Å²) in [7, 11) is 0. The Morgan fingerprint density at radius 2 is 2.06 bits per heavy atom. The van der Waals surface area contributed by atoms with Crippen LogP contribution in [0.25, 0.3) is 5.69 Å². The summed E-state index contributed by atoms with van der Waals surface area (Å²) in [6.07, 6.45) is -0.144. The maximum absolute atomic E-state index is 11.7. The van der Waals surface area contributed by atoms with Gasteiger partial charge < -0.3 is 15.2 Å². The molecule has 0 amide bonds. The standard InChI is InChI=1S/C12H12N2O4/c1-7-6-13-12(18)14(7)9-5-3-2-4-8(9)10(15)11(16)17/h2-6,10,15H,1H3,(H,13,18)(H,16,17). The van der Waals surface area contributed by atoms with E-state index in [1.165, 1.54) is 16.8 Å². The van der Waals surface area contributed by atoms with Crippen molar-refractivity contribution in [2.75, 3.05) is 0 Å². The minimum Gasteiger partial charge on any atom is -0.479 e. The van der Waals surface area contributed by atoms with Crippen LogP contribution in [0.15, 0.2) is 35.3 Å². The van der Waals surface area contributed by atoms with Crippen molar-refractivity contribution in [3.8, 4) is 5.69 Å². The van der Waals surface area contributed by atoms with E-state index < -0.39 is 12.1 Å². The summed E-state index contributed by atoms with van der Waals surface area (Å²) in [5.41, 5.74) is 0.786. The van der Waals surface area contributed by atoms with E-state index in [1.54, 1.807) is 25.1 Å². The minimum atomic E-state index is -1.66. The summed E-state index contributed by atoms with van der Waals surface area (Å²) >= 11 is 0. The Bertz CT molecular complexity index is 642. The molecule has 0 radical (unpaired) electrons. The summed E-state index contributed by atoms with van der Waals surface area (Å²) in [4.78, 5) is 25.0. The van der Waals surface area contributed by atoms with Crippen molar-refractivity contribution in [1.29, 1.82) is 0 Å². The Labute approximate surface area is 102 Å². The van der Waals surface area contributed by atoms with E-state index in [0.717, 1.165) is 0 Å². The zero-order valence-electron chi connectivity index (χ0n) is 9.62. The number of aliphatic hydroxyl groups excluding tert-OH is 1. The van der Waals surface area contributed by atoms with Gasteiger partial charge in [0.25, 0.3) is 0 Å². The first-order valence-corrected chi connectivity index (χ1v) is 5.29. The molecule has 6 heteroatoms. The van der Waals surface area contributed by atoms with Crippen molar-refractivity contribution in [1.82, 2.24) is 9.55 Å². The zero-order chi connectivity index (χ0) is 13.3. The number of benzene rings is 1. The number of aliphatic carboxylic acids is 1. The largest absolute Gasteiger partial charge is 0.479 e. The van der Waals surface area contributed by atoms with Gasteiger partial charge in [0, 0.05) is 17.5 Å². The summed E-state index contributed by atoms with van der Waals surface area (Å²) in [5.74, 6) is -1.36. The molecule has 0 aliphatic rings. The molecule has 94 valence electrons. The monoisotopic (exact) mass is 248 g/mol. The fourth-order valence-electron chi connectivity index (χ4n) is 1.81. The molecule has 0 aliphatic carbocycles. The second-order valence-electron chi connectivity index (χ2n) is 3.87. The molecule has 0 saturated carbocycles. The van der Waals surface area contributed by atoms with Crippen molar-refractivity contribution in [2.24, 2.45) is 0 Å². The number of hydrogen-bond acceptors (Lipinski definition) is 3. The second-order valence-corrected chi connectivity index (χ2v) is 3.87. The van der Waals surface area contributed by atoms with Crippen LogP contribution < -0.4 is 5.69 Å². The van der Waals surface area contributed by atoms with E-state index in [9.17, 15) is 14.7 Å². The van der Waals surface area contributed by atoms with E-state index in [-0.39, 0.29) is 11.3 Å². The van der Waals surface area contributed by atoms with E-state index in [0.29, 0.717) is 11.4 Å². The number of aliphatic hydroxyl groups is 1. The normalized spacial score (nSPS) is 12.3. The average Bonchev–Trinajstić information content (AvgIpc) is 2.68. The van der Waals surface area contributed by atoms with Crippen LogP contribution in [0.3, 0.4) is 0 Å². The third kappa shape index (κ3) is 1.93. The van der Waals surface area contributed by atoms with Gasteiger partial charge in [-0.3, -0.25) is 4.57 Å². The maximum atomic E-state index is 11.7. The lowest BCUT2D eigenvalue weighted by Gasteiger charge is -2.13. The van der Waals surface area contributed by atoms with Crippen molar-refractivity contribution in [3.05, 3.63) is 52.2 Å². The summed E-state index contributed by atoms with van der Waals surface area (Å²) < 4.78 is 1.32. The molecule has 0 saturated heterocycles. The first-order chi connectivity index (χ1) is 8.52. The van der Waals surface area contributed by atoms with Crippen molar-refractivity contribution in [3.63, 3.8) is 0 Å². The number of carboxylic acid groups (broad SMARTS) is 1. The number of nitrogens with one attached hydrogen (secondary N) is 1. The first kappa shape index (κ1) is 12.1. The smallest absolute Gasteiger partial charge is 0.337 e. The Hall–Kier alpha value is -2.34. The number of carboxylic acids is 1. The van der Waals surface area contributed by atoms with Crippen LogP contribution >= 0.6 is 0 Å². The fraction of sp³-hybridized carbons (Fsp3) is 0.167. The van der Waals surface area contributed by atoms with Gasteiger partial charge in [0.1, 0.15) is 0 Å². The van der Waals surface area contributed by atoms with Crippen LogP contribution in [0.4, 0.5) is 0 Å². The van der Waals surface area contributed by atoms with E-state index in [1.807, 2.05) is 0 Å². The zero-order valence-corrected chi connectivity index (χ0v) is 9.62. The number of H-pyrrole nitrogens is 1. The van der Waals surface area contributed by atoms with Gasteiger partial charge in [0.15, 0.2) is 6.10 Å². The molecule has 0 aliphatic heterocycles. The van der Waals surface area contributed by atoms with Crippen molar-refractivity contribution < 1.29 is 15.0 Å². The molecule has 0 bridgehead atoms. The van der Waals surface area contributed by atoms with E-state index >= 15 is 0 Å². The molecule has 2 rings (SSSR count). The number of hydrogen-bond donors (Lipinski definition) is 3. The molecule has 1 unspecified atom stereocenters. The van der Waals surface area contributed by atoms with Crippen LogP contribution in [0.2, 0.25) is 0 Å². The first-order valence-electron chi connectivity index (χ1n) is 5.29. The number of nitrogens with zero attached hydrogens (tertiary/aromatic N) is 1. The van der Waals surface area contributed by atoms with Gasteiger partial charge in [-0.05, 0) is 13.0 Å². The van der Waals surface area contributed by atoms with Crippen LogP contribution in [-0.2, 0) is 4.79 Å². The highest BCUT2D eigenvalue weighted by atomic mass is 16.4. The van der Waals surface area contributed by atoms with Gasteiger partial charge in [0.2, 0.25) is 0 Å². The molecule has 0 spiro atoms. The molecule has 1 heterocycles. The Morgan fingerprint density at radius 3 is 2.61 bits per heavy atom. The highest BCUT2D eigenvalue weighted by Crippen LogP contribution is 2.21. The van der Waals surface area contributed by atoms with E-state index in [4.69, 9.17) is 5.11 Å². The third-order valence-corrected chi connectivity index (χ3v) is 2.67. The number of aromatic amines is 1. The van der Waals surface area contributed by atoms with Crippen molar-refractivity contribution in [2.45, 2.75) is 13.0 Å². The van der Waals surface area contributed by atoms with Crippen molar-refractivity contribution >= 4 is 5.97 Å². The SMILES string of the molecule is Cc1c[nH]c(=O)n1-c1ccccc1C(O)C(=O)O. The molecular formula is C12H12N2O4. The van der Waals surface area contributed by atoms with Gasteiger partial charge in [0.05, 0.1) is 5.69 Å². The van der Waals surface area contributed by atoms with Gasteiger partial charge in [-0.15, -0.1) is 0 Å². The van der Waals surface area contributed by atoms with E-state index in [2.05, 4.69) is 4.98 Å². The Morgan fingerprint density at radius 1 is 1.39 bits per heavy atom. The lowest BCUT2D eigenvalue weighted by atomic mass is 10.1.